The quantitative estimate of drug-likeness (QED) is 0.920. The molecule has 0 fully saturated rings. The van der Waals surface area contributed by atoms with Gasteiger partial charge in [0, 0.05) is 28.2 Å². The summed E-state index contributed by atoms with van der Waals surface area (Å²) in [6, 6.07) is 9.13. The maximum Gasteiger partial charge on any atom is 0.213 e. The first-order chi connectivity index (χ1) is 8.70. The third kappa shape index (κ3) is 3.06. The second-order valence-electron chi connectivity index (χ2n) is 3.64. The number of benzene rings is 1. The van der Waals surface area contributed by atoms with Crippen molar-refractivity contribution in [1.29, 1.82) is 0 Å². The van der Waals surface area contributed by atoms with E-state index in [9.17, 15) is 0 Å². The Morgan fingerprint density at radius 1 is 1.17 bits per heavy atom. The molecule has 0 aliphatic heterocycles. The third-order valence-electron chi connectivity index (χ3n) is 2.48. The second kappa shape index (κ2) is 5.94. The molecule has 1 aromatic heterocycles. The van der Waals surface area contributed by atoms with Gasteiger partial charge in [-0.3, -0.25) is 0 Å². The van der Waals surface area contributed by atoms with E-state index in [1.54, 1.807) is 19.4 Å². The number of anilines is 1. The van der Waals surface area contributed by atoms with Crippen molar-refractivity contribution in [3.05, 3.63) is 52.1 Å². The highest BCUT2D eigenvalue weighted by molar-refractivity contribution is 6.36. The van der Waals surface area contributed by atoms with Crippen molar-refractivity contribution in [3.8, 4) is 5.88 Å². The SMILES string of the molecule is COc1ccc(NCc2c(Cl)cccc2Cl)cn1. The number of rotatable bonds is 4. The molecule has 3 nitrogen and oxygen atoms in total. The fourth-order valence-electron chi connectivity index (χ4n) is 1.50. The average Bonchev–Trinajstić information content (AvgIpc) is 2.39. The molecule has 0 bridgehead atoms. The minimum atomic E-state index is 0.548. The number of halogens is 2. The fraction of sp³-hybridized carbons (Fsp3) is 0.154. The van der Waals surface area contributed by atoms with Gasteiger partial charge in [-0.1, -0.05) is 29.3 Å². The van der Waals surface area contributed by atoms with E-state index in [2.05, 4.69) is 10.3 Å². The van der Waals surface area contributed by atoms with Crippen LogP contribution in [0.25, 0.3) is 0 Å². The van der Waals surface area contributed by atoms with Crippen LogP contribution in [0.1, 0.15) is 5.56 Å². The first-order valence-corrected chi connectivity index (χ1v) is 6.13. The molecular formula is C13H12Cl2N2O. The summed E-state index contributed by atoms with van der Waals surface area (Å²) in [5, 5.41) is 4.51. The van der Waals surface area contributed by atoms with Crippen LogP contribution in [0.5, 0.6) is 5.88 Å². The van der Waals surface area contributed by atoms with Gasteiger partial charge in [0.25, 0.3) is 0 Å². The summed E-state index contributed by atoms with van der Waals surface area (Å²) < 4.78 is 4.99. The molecule has 0 unspecified atom stereocenters. The summed E-state index contributed by atoms with van der Waals surface area (Å²) in [7, 11) is 1.58. The smallest absolute Gasteiger partial charge is 0.213 e. The van der Waals surface area contributed by atoms with Crippen LogP contribution in [-0.2, 0) is 6.54 Å². The van der Waals surface area contributed by atoms with Gasteiger partial charge in [0.1, 0.15) is 0 Å². The maximum absolute atomic E-state index is 6.08. The molecule has 18 heavy (non-hydrogen) atoms. The van der Waals surface area contributed by atoms with E-state index in [-0.39, 0.29) is 0 Å². The van der Waals surface area contributed by atoms with Crippen molar-refractivity contribution < 1.29 is 4.74 Å². The number of pyridine rings is 1. The van der Waals surface area contributed by atoms with E-state index in [4.69, 9.17) is 27.9 Å². The van der Waals surface area contributed by atoms with Crippen LogP contribution in [0.3, 0.4) is 0 Å². The summed E-state index contributed by atoms with van der Waals surface area (Å²) in [4.78, 5) is 4.10. The zero-order valence-electron chi connectivity index (χ0n) is 9.78. The Hall–Kier alpha value is -1.45. The summed E-state index contributed by atoms with van der Waals surface area (Å²) in [6.45, 7) is 0.548. The molecule has 94 valence electrons. The van der Waals surface area contributed by atoms with E-state index < -0.39 is 0 Å². The topological polar surface area (TPSA) is 34.1 Å². The minimum absolute atomic E-state index is 0.548. The minimum Gasteiger partial charge on any atom is -0.481 e. The van der Waals surface area contributed by atoms with Crippen molar-refractivity contribution in [3.63, 3.8) is 0 Å². The van der Waals surface area contributed by atoms with Crippen molar-refractivity contribution in [2.75, 3.05) is 12.4 Å². The number of hydrogen-bond acceptors (Lipinski definition) is 3. The van der Waals surface area contributed by atoms with Gasteiger partial charge in [0.2, 0.25) is 5.88 Å². The Morgan fingerprint density at radius 3 is 2.44 bits per heavy atom. The lowest BCUT2D eigenvalue weighted by molar-refractivity contribution is 0.398. The fourth-order valence-corrected chi connectivity index (χ4v) is 2.03. The van der Waals surface area contributed by atoms with E-state index >= 15 is 0 Å². The molecule has 0 aliphatic rings. The van der Waals surface area contributed by atoms with Gasteiger partial charge in [-0.25, -0.2) is 4.98 Å². The molecule has 0 amide bonds. The largest absolute Gasteiger partial charge is 0.481 e. The summed E-state index contributed by atoms with van der Waals surface area (Å²) >= 11 is 12.2. The van der Waals surface area contributed by atoms with Gasteiger partial charge in [0.05, 0.1) is 19.0 Å². The third-order valence-corrected chi connectivity index (χ3v) is 3.18. The lowest BCUT2D eigenvalue weighted by Gasteiger charge is -2.09. The van der Waals surface area contributed by atoms with Crippen molar-refractivity contribution in [2.45, 2.75) is 6.54 Å². The molecule has 0 saturated heterocycles. The van der Waals surface area contributed by atoms with Gasteiger partial charge in [0.15, 0.2) is 0 Å². The van der Waals surface area contributed by atoms with Gasteiger partial charge in [-0.05, 0) is 18.2 Å². The summed E-state index contributed by atoms with van der Waals surface area (Å²) in [5.41, 5.74) is 1.75. The lowest BCUT2D eigenvalue weighted by Crippen LogP contribution is -2.01. The highest BCUT2D eigenvalue weighted by atomic mass is 35.5. The lowest BCUT2D eigenvalue weighted by atomic mass is 10.2. The zero-order valence-corrected chi connectivity index (χ0v) is 11.3. The average molecular weight is 283 g/mol. The number of nitrogens with one attached hydrogen (secondary N) is 1. The number of methoxy groups -OCH3 is 1. The molecule has 0 spiro atoms. The highest BCUT2D eigenvalue weighted by Crippen LogP contribution is 2.25. The molecule has 1 aromatic carbocycles. The second-order valence-corrected chi connectivity index (χ2v) is 4.46. The number of aromatic nitrogens is 1. The van der Waals surface area contributed by atoms with Crippen molar-refractivity contribution >= 4 is 28.9 Å². The molecule has 0 atom stereocenters. The predicted molar refractivity (Wildman–Crippen MR) is 74.6 cm³/mol. The number of nitrogens with zero attached hydrogens (tertiary/aromatic N) is 1. The van der Waals surface area contributed by atoms with Crippen LogP contribution in [0.15, 0.2) is 36.5 Å². The van der Waals surface area contributed by atoms with Crippen molar-refractivity contribution in [1.82, 2.24) is 4.98 Å². The first-order valence-electron chi connectivity index (χ1n) is 5.37. The molecule has 0 radical (unpaired) electrons. The van der Waals surface area contributed by atoms with E-state index in [0.717, 1.165) is 11.3 Å². The van der Waals surface area contributed by atoms with Gasteiger partial charge < -0.3 is 10.1 Å². The Bertz CT molecular complexity index is 509. The van der Waals surface area contributed by atoms with Crippen LogP contribution in [0.4, 0.5) is 5.69 Å². The van der Waals surface area contributed by atoms with Crippen LogP contribution >= 0.6 is 23.2 Å². The van der Waals surface area contributed by atoms with Crippen LogP contribution in [0.2, 0.25) is 10.0 Å². The molecule has 1 N–H and O–H groups in total. The Kier molecular flexibility index (Phi) is 4.28. The van der Waals surface area contributed by atoms with Crippen LogP contribution in [-0.4, -0.2) is 12.1 Å². The molecule has 2 rings (SSSR count). The Labute approximate surface area is 116 Å². The van der Waals surface area contributed by atoms with Gasteiger partial charge in [-0.2, -0.15) is 0 Å². The molecule has 0 saturated carbocycles. The Balaban J connectivity index is 2.06. The zero-order chi connectivity index (χ0) is 13.0. The monoisotopic (exact) mass is 282 g/mol. The van der Waals surface area contributed by atoms with Crippen LogP contribution < -0.4 is 10.1 Å². The molecule has 5 heteroatoms. The number of ether oxygens (including phenoxy) is 1. The van der Waals surface area contributed by atoms with Gasteiger partial charge in [-0.15, -0.1) is 0 Å². The summed E-state index contributed by atoms with van der Waals surface area (Å²) in [5.74, 6) is 0.580. The van der Waals surface area contributed by atoms with Gasteiger partial charge >= 0.3 is 0 Å². The van der Waals surface area contributed by atoms with E-state index in [1.165, 1.54) is 0 Å². The normalized spacial score (nSPS) is 10.2. The molecule has 1 heterocycles. The van der Waals surface area contributed by atoms with Crippen molar-refractivity contribution in [2.24, 2.45) is 0 Å². The van der Waals surface area contributed by atoms with E-state index in [1.807, 2.05) is 24.3 Å². The van der Waals surface area contributed by atoms with E-state index in [0.29, 0.717) is 22.5 Å². The molecule has 0 aliphatic carbocycles. The standard InChI is InChI=1S/C13H12Cl2N2O/c1-18-13-6-5-9(7-17-13)16-8-10-11(14)3-2-4-12(10)15/h2-7,16H,8H2,1H3. The highest BCUT2D eigenvalue weighted by Gasteiger charge is 2.05. The molecule has 2 aromatic rings. The predicted octanol–water partition coefficient (Wildman–Crippen LogP) is 4.01. The summed E-state index contributed by atoms with van der Waals surface area (Å²) in [6.07, 6.45) is 1.70. The number of hydrogen-bond donors (Lipinski definition) is 1. The maximum atomic E-state index is 6.08. The van der Waals surface area contributed by atoms with Crippen LogP contribution in [0, 0.1) is 0 Å². The first kappa shape index (κ1) is 13.0. The Morgan fingerprint density at radius 2 is 1.89 bits per heavy atom. The molecular weight excluding hydrogens is 271 g/mol.